The van der Waals surface area contributed by atoms with Gasteiger partial charge in [-0.2, -0.15) is 5.10 Å². The Hall–Kier alpha value is -3.66. The van der Waals surface area contributed by atoms with E-state index >= 15 is 0 Å². The summed E-state index contributed by atoms with van der Waals surface area (Å²) in [6, 6.07) is 16.6. The number of anilines is 1. The van der Waals surface area contributed by atoms with E-state index in [4.69, 9.17) is 5.10 Å². The first kappa shape index (κ1) is 18.4. The van der Waals surface area contributed by atoms with Crippen LogP contribution in [-0.2, 0) is 19.5 Å². The fourth-order valence-electron chi connectivity index (χ4n) is 4.07. The Morgan fingerprint density at radius 1 is 0.867 bits per heavy atom. The lowest BCUT2D eigenvalue weighted by Gasteiger charge is -2.29. The molecule has 0 spiro atoms. The fourth-order valence-corrected chi connectivity index (χ4v) is 4.07. The SMILES string of the molecule is C1=CC=CC(Cn2nc(-c3ccccc3)c3c2CCN(c2ccccn2)C3)=CC=C1. The maximum absolute atomic E-state index is 5.09. The lowest BCUT2D eigenvalue weighted by atomic mass is 10.0. The number of rotatable bonds is 4. The molecule has 2 aliphatic rings. The molecule has 1 aromatic carbocycles. The van der Waals surface area contributed by atoms with E-state index in [9.17, 15) is 0 Å². The summed E-state index contributed by atoms with van der Waals surface area (Å²) >= 11 is 0. The molecule has 1 aliphatic carbocycles. The first-order valence-corrected chi connectivity index (χ1v) is 10.4. The molecule has 3 heterocycles. The molecule has 0 N–H and O–H groups in total. The molecule has 0 amide bonds. The molecule has 0 unspecified atom stereocenters. The second-order valence-electron chi connectivity index (χ2n) is 7.53. The number of nitrogens with zero attached hydrogens (tertiary/aromatic N) is 4. The third-order valence-electron chi connectivity index (χ3n) is 5.55. The van der Waals surface area contributed by atoms with Gasteiger partial charge < -0.3 is 4.90 Å². The highest BCUT2D eigenvalue weighted by atomic mass is 15.3. The van der Waals surface area contributed by atoms with Crippen molar-refractivity contribution in [1.82, 2.24) is 14.8 Å². The molecule has 0 atom stereocenters. The number of hydrogen-bond donors (Lipinski definition) is 0. The monoisotopic (exact) mass is 392 g/mol. The summed E-state index contributed by atoms with van der Waals surface area (Å²) in [5.74, 6) is 1.03. The van der Waals surface area contributed by atoms with Crippen LogP contribution in [0.2, 0.25) is 0 Å². The molecule has 2 aromatic heterocycles. The van der Waals surface area contributed by atoms with E-state index in [-0.39, 0.29) is 0 Å². The normalized spacial score (nSPS) is 15.5. The minimum atomic E-state index is 0.771. The topological polar surface area (TPSA) is 34.0 Å². The van der Waals surface area contributed by atoms with Crippen molar-refractivity contribution in [2.24, 2.45) is 0 Å². The van der Waals surface area contributed by atoms with Gasteiger partial charge in [0.1, 0.15) is 5.82 Å². The van der Waals surface area contributed by atoms with Crippen LogP contribution in [0.3, 0.4) is 0 Å². The minimum Gasteiger partial charge on any atom is -0.352 e. The molecule has 4 heteroatoms. The van der Waals surface area contributed by atoms with E-state index in [0.717, 1.165) is 37.6 Å². The van der Waals surface area contributed by atoms with Crippen LogP contribution in [0.4, 0.5) is 5.82 Å². The molecule has 0 fully saturated rings. The van der Waals surface area contributed by atoms with Gasteiger partial charge in [-0.1, -0.05) is 78.9 Å². The molecular formula is C26H24N4. The summed E-state index contributed by atoms with van der Waals surface area (Å²) in [5, 5.41) is 5.09. The average Bonchev–Trinajstić information content (AvgIpc) is 3.14. The summed E-state index contributed by atoms with van der Waals surface area (Å²) < 4.78 is 2.20. The molecule has 30 heavy (non-hydrogen) atoms. The largest absolute Gasteiger partial charge is 0.352 e. The van der Waals surface area contributed by atoms with E-state index < -0.39 is 0 Å². The zero-order valence-electron chi connectivity index (χ0n) is 16.9. The summed E-state index contributed by atoms with van der Waals surface area (Å²) in [6.45, 7) is 2.54. The second kappa shape index (κ2) is 8.37. The number of benzene rings is 1. The Labute approximate surface area is 177 Å². The van der Waals surface area contributed by atoms with Gasteiger partial charge in [-0.25, -0.2) is 4.98 Å². The maximum Gasteiger partial charge on any atom is 0.128 e. The third kappa shape index (κ3) is 3.77. The molecule has 0 saturated carbocycles. The van der Waals surface area contributed by atoms with E-state index in [1.165, 1.54) is 22.4 Å². The van der Waals surface area contributed by atoms with E-state index in [2.05, 4.69) is 93.5 Å². The van der Waals surface area contributed by atoms with Crippen molar-refractivity contribution in [3.63, 3.8) is 0 Å². The Bertz CT molecular complexity index is 1130. The lowest BCUT2D eigenvalue weighted by molar-refractivity contribution is 0.613. The van der Waals surface area contributed by atoms with Crippen molar-refractivity contribution >= 4 is 5.82 Å². The fraction of sp³-hybridized carbons (Fsp3) is 0.154. The Kier molecular flexibility index (Phi) is 5.13. The van der Waals surface area contributed by atoms with Gasteiger partial charge in [0, 0.05) is 42.5 Å². The van der Waals surface area contributed by atoms with Gasteiger partial charge in [-0.3, -0.25) is 4.68 Å². The van der Waals surface area contributed by atoms with E-state index in [1.54, 1.807) is 0 Å². The van der Waals surface area contributed by atoms with E-state index in [1.807, 2.05) is 18.3 Å². The van der Waals surface area contributed by atoms with E-state index in [0.29, 0.717) is 0 Å². The van der Waals surface area contributed by atoms with Crippen molar-refractivity contribution < 1.29 is 0 Å². The van der Waals surface area contributed by atoms with Crippen LogP contribution >= 0.6 is 0 Å². The van der Waals surface area contributed by atoms with Crippen LogP contribution in [0.5, 0.6) is 0 Å². The van der Waals surface area contributed by atoms with Crippen molar-refractivity contribution in [1.29, 1.82) is 0 Å². The standard InChI is InChI=1S/C26H24N4/c1-2-5-11-21(12-6-3-1)19-30-24-16-18-29(25-15-9-10-17-27-25)20-23(24)26(28-30)22-13-7-4-8-14-22/h1-15,17H,16,18-20H2. The lowest BCUT2D eigenvalue weighted by Crippen LogP contribution is -2.31. The van der Waals surface area contributed by atoms with Crippen molar-refractivity contribution in [3.8, 4) is 11.3 Å². The zero-order valence-corrected chi connectivity index (χ0v) is 16.9. The highest BCUT2D eigenvalue weighted by Crippen LogP contribution is 2.32. The van der Waals surface area contributed by atoms with Crippen molar-refractivity contribution in [3.05, 3.63) is 114 Å². The molecule has 0 bridgehead atoms. The van der Waals surface area contributed by atoms with Gasteiger partial charge in [0.25, 0.3) is 0 Å². The van der Waals surface area contributed by atoms with Crippen LogP contribution in [0, 0.1) is 0 Å². The molecule has 5 rings (SSSR count). The molecule has 0 saturated heterocycles. The molecular weight excluding hydrogens is 368 g/mol. The average molecular weight is 393 g/mol. The number of aromatic nitrogens is 3. The third-order valence-corrected chi connectivity index (χ3v) is 5.55. The Balaban J connectivity index is 1.53. The van der Waals surface area contributed by atoms with Crippen molar-refractivity contribution in [2.45, 2.75) is 19.5 Å². The number of fused-ring (bicyclic) bond motifs is 1. The van der Waals surface area contributed by atoms with Crippen LogP contribution in [0.1, 0.15) is 11.3 Å². The van der Waals surface area contributed by atoms with Crippen LogP contribution < -0.4 is 4.90 Å². The predicted octanol–water partition coefficient (Wildman–Crippen LogP) is 5.12. The quantitative estimate of drug-likeness (QED) is 0.618. The molecule has 4 nitrogen and oxygen atoms in total. The molecule has 1 aliphatic heterocycles. The molecule has 148 valence electrons. The maximum atomic E-state index is 5.09. The Morgan fingerprint density at radius 3 is 2.57 bits per heavy atom. The predicted molar refractivity (Wildman–Crippen MR) is 122 cm³/mol. The second-order valence-corrected chi connectivity index (χ2v) is 7.53. The van der Waals surface area contributed by atoms with Crippen LogP contribution in [0.25, 0.3) is 11.3 Å². The summed E-state index contributed by atoms with van der Waals surface area (Å²) in [6.07, 6.45) is 17.5. The van der Waals surface area contributed by atoms with Gasteiger partial charge >= 0.3 is 0 Å². The summed E-state index contributed by atoms with van der Waals surface area (Å²) in [4.78, 5) is 6.91. The molecule has 0 radical (unpaired) electrons. The minimum absolute atomic E-state index is 0.771. The van der Waals surface area contributed by atoms with Gasteiger partial charge in [0.05, 0.1) is 12.2 Å². The summed E-state index contributed by atoms with van der Waals surface area (Å²) in [5.41, 5.74) is 6.13. The van der Waals surface area contributed by atoms with Gasteiger partial charge in [-0.05, 0) is 17.7 Å². The smallest absolute Gasteiger partial charge is 0.128 e. The van der Waals surface area contributed by atoms with Gasteiger partial charge in [0.15, 0.2) is 0 Å². The van der Waals surface area contributed by atoms with Crippen molar-refractivity contribution in [2.75, 3.05) is 11.4 Å². The number of pyridine rings is 1. The van der Waals surface area contributed by atoms with Gasteiger partial charge in [0.2, 0.25) is 0 Å². The first-order valence-electron chi connectivity index (χ1n) is 10.4. The van der Waals surface area contributed by atoms with Crippen LogP contribution in [0.15, 0.2) is 103 Å². The number of allylic oxidation sites excluding steroid dienone is 8. The first-order chi connectivity index (χ1) is 14.9. The zero-order chi connectivity index (χ0) is 20.2. The number of hydrogen-bond acceptors (Lipinski definition) is 3. The van der Waals surface area contributed by atoms with Gasteiger partial charge in [-0.15, -0.1) is 0 Å². The summed E-state index contributed by atoms with van der Waals surface area (Å²) in [7, 11) is 0. The Morgan fingerprint density at radius 2 is 1.70 bits per heavy atom. The highest BCUT2D eigenvalue weighted by Gasteiger charge is 2.26. The molecule has 3 aromatic rings. The highest BCUT2D eigenvalue weighted by molar-refractivity contribution is 5.65. The van der Waals surface area contributed by atoms with Crippen LogP contribution in [-0.4, -0.2) is 21.3 Å².